The number of hydroxylamine groups is 2. The van der Waals surface area contributed by atoms with Crippen LogP contribution in [0.25, 0.3) is 0 Å². The number of thioether (sulfide) groups is 1. The van der Waals surface area contributed by atoms with Gasteiger partial charge in [-0.15, -0.1) is 0 Å². The van der Waals surface area contributed by atoms with Crippen molar-refractivity contribution in [2.24, 2.45) is 0 Å². The van der Waals surface area contributed by atoms with E-state index in [4.69, 9.17) is 14.3 Å². The van der Waals surface area contributed by atoms with Gasteiger partial charge in [-0.1, -0.05) is 13.8 Å². The number of carbonyl (C=O) groups excluding carboxylic acids is 1. The van der Waals surface area contributed by atoms with Crippen molar-refractivity contribution in [3.05, 3.63) is 0 Å². The lowest BCUT2D eigenvalue weighted by molar-refractivity contribution is -0.208. The van der Waals surface area contributed by atoms with Crippen molar-refractivity contribution in [2.75, 3.05) is 39.5 Å². The van der Waals surface area contributed by atoms with E-state index in [2.05, 4.69) is 19.2 Å². The number of nitrogens with one attached hydrogen (secondary N) is 1. The molecule has 0 aliphatic carbocycles. The molecular formula is C14H30N2O4S. The largest absolute Gasteiger partial charge is 0.362 e. The Morgan fingerprint density at radius 3 is 2.43 bits per heavy atom. The van der Waals surface area contributed by atoms with Gasteiger partial charge in [0.15, 0.2) is 0 Å². The number of rotatable bonds is 13. The van der Waals surface area contributed by atoms with Crippen LogP contribution in [0, 0.1) is 0 Å². The van der Waals surface area contributed by atoms with Gasteiger partial charge >= 0.3 is 0 Å². The van der Waals surface area contributed by atoms with E-state index < -0.39 is 0 Å². The van der Waals surface area contributed by atoms with E-state index in [1.165, 1.54) is 0 Å². The molecule has 0 spiro atoms. The van der Waals surface area contributed by atoms with Crippen LogP contribution in [0.1, 0.15) is 34.1 Å². The average Bonchev–Trinajstić information content (AvgIpc) is 2.41. The van der Waals surface area contributed by atoms with E-state index >= 15 is 0 Å². The zero-order valence-corrected chi connectivity index (χ0v) is 14.7. The third kappa shape index (κ3) is 13.1. The van der Waals surface area contributed by atoms with Gasteiger partial charge in [-0.2, -0.15) is 16.8 Å². The second-order valence-electron chi connectivity index (χ2n) is 5.05. The fourth-order valence-corrected chi connectivity index (χ4v) is 2.14. The Morgan fingerprint density at radius 1 is 1.19 bits per heavy atom. The molecule has 0 radical (unpaired) electrons. The van der Waals surface area contributed by atoms with Gasteiger partial charge < -0.3 is 14.8 Å². The second-order valence-corrected chi connectivity index (χ2v) is 6.74. The van der Waals surface area contributed by atoms with Crippen LogP contribution >= 0.6 is 11.8 Å². The molecule has 21 heavy (non-hydrogen) atoms. The van der Waals surface area contributed by atoms with Crippen LogP contribution in [0.5, 0.6) is 0 Å². The van der Waals surface area contributed by atoms with Crippen molar-refractivity contribution >= 4 is 17.7 Å². The molecule has 7 heteroatoms. The number of nitrogens with zero attached hydrogens (tertiary/aromatic N) is 1. The Hall–Kier alpha value is -0.340. The molecule has 0 bridgehead atoms. The summed E-state index contributed by atoms with van der Waals surface area (Å²) in [5.74, 6) is 0.865. The fourth-order valence-electron chi connectivity index (χ4n) is 1.36. The molecule has 0 saturated heterocycles. The van der Waals surface area contributed by atoms with Crippen molar-refractivity contribution in [2.45, 2.75) is 45.4 Å². The predicted molar refractivity (Wildman–Crippen MR) is 86.0 cm³/mol. The molecule has 0 aromatic carbocycles. The summed E-state index contributed by atoms with van der Waals surface area (Å²) >= 11 is 1.78. The van der Waals surface area contributed by atoms with Gasteiger partial charge in [-0.3, -0.25) is 9.63 Å². The number of amides is 1. The summed E-state index contributed by atoms with van der Waals surface area (Å²) < 4.78 is 10.7. The molecule has 1 amide bonds. The van der Waals surface area contributed by atoms with Crippen LogP contribution in [0.3, 0.4) is 0 Å². The van der Waals surface area contributed by atoms with Crippen LogP contribution < -0.4 is 5.32 Å². The predicted octanol–water partition coefficient (Wildman–Crippen LogP) is 1.85. The van der Waals surface area contributed by atoms with E-state index in [1.54, 1.807) is 23.9 Å². The minimum Gasteiger partial charge on any atom is -0.362 e. The SMILES string of the molecule is CON(COCCOCNC(=O)CCSC(C)C)C(C)C. The maximum atomic E-state index is 11.5. The molecule has 0 rings (SSSR count). The third-order valence-corrected chi connectivity index (χ3v) is 3.66. The Bertz CT molecular complexity index is 265. The normalized spacial score (nSPS) is 11.6. The zero-order chi connectivity index (χ0) is 16.1. The van der Waals surface area contributed by atoms with Gasteiger partial charge in [0.2, 0.25) is 5.91 Å². The maximum absolute atomic E-state index is 11.5. The summed E-state index contributed by atoms with van der Waals surface area (Å²) in [4.78, 5) is 16.6. The Morgan fingerprint density at radius 2 is 1.86 bits per heavy atom. The van der Waals surface area contributed by atoms with Crippen molar-refractivity contribution < 1.29 is 19.1 Å². The summed E-state index contributed by atoms with van der Waals surface area (Å²) in [6.45, 7) is 9.82. The number of ether oxygens (including phenoxy) is 2. The quantitative estimate of drug-likeness (QED) is 0.317. The van der Waals surface area contributed by atoms with Crippen molar-refractivity contribution in [3.63, 3.8) is 0 Å². The molecule has 1 N–H and O–H groups in total. The first kappa shape index (κ1) is 20.7. The number of carbonyl (C=O) groups is 1. The highest BCUT2D eigenvalue weighted by atomic mass is 32.2. The molecule has 0 aliphatic heterocycles. The molecule has 0 aromatic rings. The summed E-state index contributed by atoms with van der Waals surface area (Å²) in [7, 11) is 1.62. The highest BCUT2D eigenvalue weighted by Gasteiger charge is 2.07. The molecule has 0 fully saturated rings. The summed E-state index contributed by atoms with van der Waals surface area (Å²) in [5.41, 5.74) is 0. The molecule has 0 saturated carbocycles. The Kier molecular flexibility index (Phi) is 13.1. The molecule has 6 nitrogen and oxygen atoms in total. The van der Waals surface area contributed by atoms with Gasteiger partial charge in [0.1, 0.15) is 13.5 Å². The fraction of sp³-hybridized carbons (Fsp3) is 0.929. The van der Waals surface area contributed by atoms with Crippen molar-refractivity contribution in [1.82, 2.24) is 10.4 Å². The van der Waals surface area contributed by atoms with Crippen molar-refractivity contribution in [3.8, 4) is 0 Å². The smallest absolute Gasteiger partial charge is 0.222 e. The molecular weight excluding hydrogens is 292 g/mol. The van der Waals surface area contributed by atoms with Crippen LogP contribution in [0.4, 0.5) is 0 Å². The highest BCUT2D eigenvalue weighted by molar-refractivity contribution is 7.99. The molecule has 0 aliphatic rings. The van der Waals surface area contributed by atoms with Crippen LogP contribution in [-0.4, -0.2) is 61.8 Å². The topological polar surface area (TPSA) is 60.0 Å². The first-order valence-corrected chi connectivity index (χ1v) is 8.36. The lowest BCUT2D eigenvalue weighted by Gasteiger charge is -2.22. The average molecular weight is 322 g/mol. The first-order chi connectivity index (χ1) is 9.97. The standard InChI is InChI=1S/C14H30N2O4S/c1-12(2)16(18-5)11-20-8-7-19-10-15-14(17)6-9-21-13(3)4/h12-13H,6-11H2,1-5H3,(H,15,17). The molecule has 126 valence electrons. The summed E-state index contributed by atoms with van der Waals surface area (Å²) in [6, 6.07) is 0.263. The Labute approximate surface area is 132 Å². The molecule has 0 unspecified atom stereocenters. The summed E-state index contributed by atoms with van der Waals surface area (Å²) in [5, 5.41) is 5.01. The molecule has 0 heterocycles. The molecule has 0 atom stereocenters. The zero-order valence-electron chi connectivity index (χ0n) is 13.9. The lowest BCUT2D eigenvalue weighted by Crippen LogP contribution is -2.32. The van der Waals surface area contributed by atoms with Gasteiger partial charge in [-0.25, -0.2) is 0 Å². The van der Waals surface area contributed by atoms with Crippen LogP contribution in [0.2, 0.25) is 0 Å². The van der Waals surface area contributed by atoms with E-state index in [9.17, 15) is 4.79 Å². The van der Waals surface area contributed by atoms with E-state index in [1.807, 2.05) is 13.8 Å². The van der Waals surface area contributed by atoms with Gasteiger partial charge in [0.05, 0.1) is 20.3 Å². The third-order valence-electron chi connectivity index (χ3n) is 2.55. The Balaban J connectivity index is 3.37. The highest BCUT2D eigenvalue weighted by Crippen LogP contribution is 2.09. The lowest BCUT2D eigenvalue weighted by atomic mass is 10.4. The molecule has 0 aromatic heterocycles. The van der Waals surface area contributed by atoms with Crippen LogP contribution in [0.15, 0.2) is 0 Å². The monoisotopic (exact) mass is 322 g/mol. The number of hydrogen-bond acceptors (Lipinski definition) is 6. The second kappa shape index (κ2) is 13.3. The first-order valence-electron chi connectivity index (χ1n) is 7.31. The van der Waals surface area contributed by atoms with E-state index in [-0.39, 0.29) is 18.7 Å². The number of hydrogen-bond donors (Lipinski definition) is 1. The minimum absolute atomic E-state index is 0.0226. The summed E-state index contributed by atoms with van der Waals surface area (Å²) in [6.07, 6.45) is 0.528. The minimum atomic E-state index is 0.0226. The van der Waals surface area contributed by atoms with Crippen LogP contribution in [-0.2, 0) is 19.1 Å². The maximum Gasteiger partial charge on any atom is 0.222 e. The van der Waals surface area contributed by atoms with Gasteiger partial charge in [0, 0.05) is 18.2 Å². The van der Waals surface area contributed by atoms with Crippen molar-refractivity contribution in [1.29, 1.82) is 0 Å². The van der Waals surface area contributed by atoms with E-state index in [0.717, 1.165) is 5.75 Å². The van der Waals surface area contributed by atoms with Gasteiger partial charge in [0.25, 0.3) is 0 Å². The van der Waals surface area contributed by atoms with Gasteiger partial charge in [-0.05, 0) is 19.1 Å². The van der Waals surface area contributed by atoms with E-state index in [0.29, 0.717) is 31.6 Å².